The number of nitrogens with zero attached hydrogens (tertiary/aromatic N) is 2. The van der Waals surface area contributed by atoms with Gasteiger partial charge in [0.05, 0.1) is 6.54 Å². The molecule has 0 aliphatic rings. The fourth-order valence-electron chi connectivity index (χ4n) is 2.55. The number of rotatable bonds is 2. The molecule has 0 saturated heterocycles. The Morgan fingerprint density at radius 3 is 2.26 bits per heavy atom. The number of benzene rings is 1. The number of aromatic nitrogens is 2. The van der Waals surface area contributed by atoms with E-state index in [1.54, 1.807) is 11.6 Å². The van der Waals surface area contributed by atoms with Gasteiger partial charge >= 0.3 is 5.76 Å². The van der Waals surface area contributed by atoms with Crippen LogP contribution >= 0.6 is 0 Å². The molecule has 5 nitrogen and oxygen atoms in total. The van der Waals surface area contributed by atoms with E-state index in [2.05, 4.69) is 0 Å². The molecule has 3 aromatic rings. The summed E-state index contributed by atoms with van der Waals surface area (Å²) in [5.74, 6) is -0.512. The highest BCUT2D eigenvalue weighted by molar-refractivity contribution is 5.76. The van der Waals surface area contributed by atoms with Gasteiger partial charge in [-0.1, -0.05) is 44.2 Å². The maximum atomic E-state index is 12.7. The zero-order valence-electron chi connectivity index (χ0n) is 14.2. The molecule has 0 spiro atoms. The predicted molar refractivity (Wildman–Crippen MR) is 92.1 cm³/mol. The van der Waals surface area contributed by atoms with Crippen LogP contribution in [-0.4, -0.2) is 9.13 Å². The van der Waals surface area contributed by atoms with Gasteiger partial charge in [0, 0.05) is 18.3 Å². The monoisotopic (exact) mass is 314 g/mol. The van der Waals surface area contributed by atoms with Crippen LogP contribution in [0.5, 0.6) is 0 Å². The normalized spacial score (nSPS) is 10.5. The molecule has 0 amide bonds. The van der Waals surface area contributed by atoms with Gasteiger partial charge in [-0.05, 0) is 19.4 Å². The molecule has 0 radical (unpaired) electrons. The Kier molecular flexibility index (Phi) is 4.89. The van der Waals surface area contributed by atoms with E-state index < -0.39 is 5.76 Å². The summed E-state index contributed by atoms with van der Waals surface area (Å²) >= 11 is 0. The maximum absolute atomic E-state index is 12.7. The fraction of sp³-hybridized carbons (Fsp3) is 0.333. The second-order valence-corrected chi connectivity index (χ2v) is 5.19. The average Bonchev–Trinajstić information content (AvgIpc) is 2.88. The van der Waals surface area contributed by atoms with E-state index in [4.69, 9.17) is 4.42 Å². The highest BCUT2D eigenvalue weighted by Crippen LogP contribution is 2.17. The Labute approximate surface area is 134 Å². The quantitative estimate of drug-likeness (QED) is 0.730. The molecule has 1 aromatic carbocycles. The van der Waals surface area contributed by atoms with E-state index in [9.17, 15) is 9.59 Å². The first-order valence-electron chi connectivity index (χ1n) is 7.74. The molecule has 5 heteroatoms. The van der Waals surface area contributed by atoms with Crippen LogP contribution in [0.25, 0.3) is 11.1 Å². The molecule has 0 aliphatic heterocycles. The number of hydrogen-bond acceptors (Lipinski definition) is 3. The second-order valence-electron chi connectivity index (χ2n) is 5.19. The summed E-state index contributed by atoms with van der Waals surface area (Å²) < 4.78 is 8.14. The molecule has 0 bridgehead atoms. The van der Waals surface area contributed by atoms with Crippen LogP contribution in [0.1, 0.15) is 30.7 Å². The van der Waals surface area contributed by atoms with Crippen molar-refractivity contribution in [1.29, 1.82) is 0 Å². The van der Waals surface area contributed by atoms with E-state index in [-0.39, 0.29) is 5.56 Å². The standard InChI is InChI=1S/C16H16N2O3.C2H6/c1-10-11(2)18(9-12-7-5-4-6-8-12)15(19)13-14(10)21-16(20)17(13)3;1-2/h4-8H,9H2,1-3H3;1-2H3. The number of hydrogen-bond donors (Lipinski definition) is 0. The molecule has 122 valence electrons. The number of oxazole rings is 1. The Morgan fingerprint density at radius 1 is 1.04 bits per heavy atom. The van der Waals surface area contributed by atoms with Crippen molar-refractivity contribution >= 4 is 11.1 Å². The lowest BCUT2D eigenvalue weighted by molar-refractivity contribution is 0.526. The van der Waals surface area contributed by atoms with E-state index in [0.717, 1.165) is 16.8 Å². The summed E-state index contributed by atoms with van der Waals surface area (Å²) in [5.41, 5.74) is 3.16. The minimum atomic E-state index is -0.512. The molecule has 0 unspecified atom stereocenters. The summed E-state index contributed by atoms with van der Waals surface area (Å²) in [6.45, 7) is 8.20. The minimum absolute atomic E-state index is 0.203. The van der Waals surface area contributed by atoms with Crippen LogP contribution < -0.4 is 11.3 Å². The minimum Gasteiger partial charge on any atom is -0.407 e. The number of fused-ring (bicyclic) bond motifs is 1. The van der Waals surface area contributed by atoms with Crippen molar-refractivity contribution in [1.82, 2.24) is 9.13 Å². The van der Waals surface area contributed by atoms with Gasteiger partial charge < -0.3 is 8.98 Å². The Hall–Kier alpha value is -2.56. The molecule has 2 aromatic heterocycles. The Morgan fingerprint density at radius 2 is 1.65 bits per heavy atom. The van der Waals surface area contributed by atoms with Crippen LogP contribution in [0, 0.1) is 13.8 Å². The van der Waals surface area contributed by atoms with Gasteiger partial charge in [0.2, 0.25) is 0 Å². The van der Waals surface area contributed by atoms with Gasteiger partial charge in [-0.3, -0.25) is 9.36 Å². The molecule has 0 saturated carbocycles. The smallest absolute Gasteiger partial charge is 0.407 e. The first kappa shape index (κ1) is 16.8. The van der Waals surface area contributed by atoms with Crippen molar-refractivity contribution < 1.29 is 4.42 Å². The molecule has 3 rings (SSSR count). The Balaban J connectivity index is 0.000000924. The van der Waals surface area contributed by atoms with E-state index in [1.807, 2.05) is 58.0 Å². The summed E-state index contributed by atoms with van der Waals surface area (Å²) in [6, 6.07) is 9.76. The second kappa shape index (κ2) is 6.69. The third-order valence-corrected chi connectivity index (χ3v) is 3.93. The van der Waals surface area contributed by atoms with Crippen LogP contribution in [0.2, 0.25) is 0 Å². The van der Waals surface area contributed by atoms with Gasteiger partial charge in [-0.15, -0.1) is 0 Å². The van der Waals surface area contributed by atoms with Gasteiger partial charge in [-0.25, -0.2) is 4.79 Å². The van der Waals surface area contributed by atoms with Crippen molar-refractivity contribution in [3.05, 3.63) is 68.1 Å². The highest BCUT2D eigenvalue weighted by atomic mass is 16.4. The van der Waals surface area contributed by atoms with Crippen molar-refractivity contribution in [2.24, 2.45) is 7.05 Å². The highest BCUT2D eigenvalue weighted by Gasteiger charge is 2.18. The summed E-state index contributed by atoms with van der Waals surface area (Å²) in [4.78, 5) is 24.4. The molecular formula is C18H22N2O3. The molecule has 0 fully saturated rings. The molecule has 0 N–H and O–H groups in total. The molecule has 2 heterocycles. The van der Waals surface area contributed by atoms with Crippen LogP contribution in [0.3, 0.4) is 0 Å². The van der Waals surface area contributed by atoms with Crippen molar-refractivity contribution in [2.75, 3.05) is 0 Å². The zero-order chi connectivity index (χ0) is 17.1. The van der Waals surface area contributed by atoms with Crippen molar-refractivity contribution in [3.63, 3.8) is 0 Å². The first-order chi connectivity index (χ1) is 11.0. The topological polar surface area (TPSA) is 57.1 Å². The molecule has 0 atom stereocenters. The number of pyridine rings is 1. The summed E-state index contributed by atoms with van der Waals surface area (Å²) in [5, 5.41) is 0. The molecule has 23 heavy (non-hydrogen) atoms. The zero-order valence-corrected chi connectivity index (χ0v) is 14.2. The SMILES string of the molecule is CC.Cc1c(C)n(Cc2ccccc2)c(=O)c2c1oc(=O)n2C. The largest absolute Gasteiger partial charge is 0.419 e. The van der Waals surface area contributed by atoms with Crippen molar-refractivity contribution in [2.45, 2.75) is 34.2 Å². The third-order valence-electron chi connectivity index (χ3n) is 3.93. The van der Waals surface area contributed by atoms with E-state index in [1.165, 1.54) is 4.57 Å². The van der Waals surface area contributed by atoms with Crippen LogP contribution in [-0.2, 0) is 13.6 Å². The van der Waals surface area contributed by atoms with Gasteiger partial charge in [0.15, 0.2) is 11.1 Å². The maximum Gasteiger partial charge on any atom is 0.419 e. The van der Waals surface area contributed by atoms with Gasteiger partial charge in [0.1, 0.15) is 0 Å². The van der Waals surface area contributed by atoms with E-state index in [0.29, 0.717) is 17.6 Å². The fourth-order valence-corrected chi connectivity index (χ4v) is 2.55. The Bertz CT molecular complexity index is 931. The predicted octanol–water partition coefficient (Wildman–Crippen LogP) is 2.98. The lowest BCUT2D eigenvalue weighted by atomic mass is 10.1. The lowest BCUT2D eigenvalue weighted by Crippen LogP contribution is -2.26. The average molecular weight is 314 g/mol. The lowest BCUT2D eigenvalue weighted by Gasteiger charge is -2.12. The molecule has 0 aliphatic carbocycles. The first-order valence-corrected chi connectivity index (χ1v) is 7.74. The van der Waals surface area contributed by atoms with E-state index >= 15 is 0 Å². The third kappa shape index (κ3) is 2.86. The number of aryl methyl sites for hydroxylation is 2. The van der Waals surface area contributed by atoms with Crippen LogP contribution in [0.4, 0.5) is 0 Å². The summed E-state index contributed by atoms with van der Waals surface area (Å²) in [7, 11) is 1.55. The summed E-state index contributed by atoms with van der Waals surface area (Å²) in [6.07, 6.45) is 0. The van der Waals surface area contributed by atoms with Crippen LogP contribution in [0.15, 0.2) is 44.3 Å². The van der Waals surface area contributed by atoms with Gasteiger partial charge in [0.25, 0.3) is 5.56 Å². The van der Waals surface area contributed by atoms with Gasteiger partial charge in [-0.2, -0.15) is 0 Å². The van der Waals surface area contributed by atoms with Crippen molar-refractivity contribution in [3.8, 4) is 0 Å². The molecular weight excluding hydrogens is 292 g/mol.